The van der Waals surface area contributed by atoms with E-state index in [1.807, 2.05) is 19.1 Å². The number of benzene rings is 1. The van der Waals surface area contributed by atoms with E-state index < -0.39 is 0 Å². The van der Waals surface area contributed by atoms with Gasteiger partial charge < -0.3 is 10.1 Å². The van der Waals surface area contributed by atoms with Crippen molar-refractivity contribution in [2.24, 2.45) is 5.41 Å². The number of ether oxygens (including phenoxy) is 1. The summed E-state index contributed by atoms with van der Waals surface area (Å²) in [4.78, 5) is 20.2. The van der Waals surface area contributed by atoms with Crippen LogP contribution in [0.4, 0.5) is 0 Å². The van der Waals surface area contributed by atoms with Gasteiger partial charge in [-0.2, -0.15) is 0 Å². The Hall–Kier alpha value is -2.43. The van der Waals surface area contributed by atoms with Crippen molar-refractivity contribution in [1.29, 1.82) is 0 Å². The van der Waals surface area contributed by atoms with Crippen LogP contribution in [0.2, 0.25) is 0 Å². The Bertz CT molecular complexity index is 741. The highest BCUT2D eigenvalue weighted by atomic mass is 16.5. The number of amides is 1. The monoisotopic (exact) mass is 309 g/mol. The summed E-state index contributed by atoms with van der Waals surface area (Å²) < 4.78 is 6.11. The number of nitrogens with one attached hydrogen (secondary N) is 1. The van der Waals surface area contributed by atoms with Gasteiger partial charge in [-0.25, -0.2) is 9.97 Å². The van der Waals surface area contributed by atoms with Crippen molar-refractivity contribution < 1.29 is 9.53 Å². The van der Waals surface area contributed by atoms with Gasteiger partial charge in [0, 0.05) is 35.4 Å². The molecule has 1 unspecified atom stereocenters. The highest BCUT2D eigenvalue weighted by molar-refractivity contribution is 5.84. The summed E-state index contributed by atoms with van der Waals surface area (Å²) in [6.07, 6.45) is 7.87. The number of fused-ring (bicyclic) bond motifs is 1. The van der Waals surface area contributed by atoms with Gasteiger partial charge in [0.1, 0.15) is 18.2 Å². The number of rotatable bonds is 4. The minimum atomic E-state index is -0.141. The molecule has 0 bridgehead atoms. The molecule has 2 aliphatic rings. The summed E-state index contributed by atoms with van der Waals surface area (Å²) in [5.74, 6) is 1.04. The van der Waals surface area contributed by atoms with Crippen molar-refractivity contribution in [3.8, 4) is 16.9 Å². The Balaban J connectivity index is 1.48. The van der Waals surface area contributed by atoms with Gasteiger partial charge in [-0.3, -0.25) is 4.79 Å². The van der Waals surface area contributed by atoms with E-state index in [4.69, 9.17) is 4.74 Å². The van der Waals surface area contributed by atoms with E-state index in [2.05, 4.69) is 21.4 Å². The molecule has 1 aliphatic carbocycles. The lowest BCUT2D eigenvalue weighted by molar-refractivity contribution is -0.126. The zero-order valence-electron chi connectivity index (χ0n) is 13.1. The number of carbonyl (C=O) groups excluding carboxylic acids is 1. The topological polar surface area (TPSA) is 64.1 Å². The first-order chi connectivity index (χ1) is 11.2. The van der Waals surface area contributed by atoms with E-state index in [0.717, 1.165) is 36.1 Å². The second kappa shape index (κ2) is 5.33. The molecule has 4 rings (SSSR count). The third-order valence-electron chi connectivity index (χ3n) is 4.74. The second-order valence-electron chi connectivity index (χ2n) is 6.64. The SMILES string of the molecule is CC1(C(=O)NCC2Cc3cccc(-c4cncnc4)c3O2)CC1. The molecule has 1 aromatic carbocycles. The molecule has 1 amide bonds. The molecule has 1 atom stereocenters. The normalized spacial score (nSPS) is 20.5. The first-order valence-electron chi connectivity index (χ1n) is 7.98. The number of hydrogen-bond donors (Lipinski definition) is 1. The average Bonchev–Trinajstić information content (AvgIpc) is 3.20. The van der Waals surface area contributed by atoms with E-state index in [1.165, 1.54) is 11.9 Å². The van der Waals surface area contributed by atoms with Crippen LogP contribution in [0.15, 0.2) is 36.9 Å². The lowest BCUT2D eigenvalue weighted by Gasteiger charge is -2.15. The third kappa shape index (κ3) is 2.67. The molecule has 5 heteroatoms. The molecular formula is C18H19N3O2. The van der Waals surface area contributed by atoms with E-state index >= 15 is 0 Å². The first kappa shape index (κ1) is 14.2. The Morgan fingerprint density at radius 1 is 1.35 bits per heavy atom. The fourth-order valence-electron chi connectivity index (χ4n) is 2.95. The lowest BCUT2D eigenvalue weighted by atomic mass is 10.0. The van der Waals surface area contributed by atoms with Crippen LogP contribution >= 0.6 is 0 Å². The van der Waals surface area contributed by atoms with Crippen molar-refractivity contribution >= 4 is 5.91 Å². The van der Waals surface area contributed by atoms with Gasteiger partial charge in [0.05, 0.1) is 6.54 Å². The van der Waals surface area contributed by atoms with E-state index in [1.54, 1.807) is 12.4 Å². The van der Waals surface area contributed by atoms with Crippen LogP contribution in [0.5, 0.6) is 5.75 Å². The van der Waals surface area contributed by atoms with Gasteiger partial charge >= 0.3 is 0 Å². The molecule has 1 N–H and O–H groups in total. The molecule has 1 fully saturated rings. The molecule has 0 saturated heterocycles. The maximum absolute atomic E-state index is 12.1. The largest absolute Gasteiger partial charge is 0.487 e. The van der Waals surface area contributed by atoms with Gasteiger partial charge in [-0.15, -0.1) is 0 Å². The molecule has 23 heavy (non-hydrogen) atoms. The van der Waals surface area contributed by atoms with Crippen molar-refractivity contribution in [2.75, 3.05) is 6.54 Å². The quantitative estimate of drug-likeness (QED) is 0.941. The van der Waals surface area contributed by atoms with Crippen molar-refractivity contribution in [1.82, 2.24) is 15.3 Å². The Morgan fingerprint density at radius 2 is 2.13 bits per heavy atom. The van der Waals surface area contributed by atoms with Crippen LogP contribution in [0.1, 0.15) is 25.3 Å². The molecule has 0 radical (unpaired) electrons. The molecule has 5 nitrogen and oxygen atoms in total. The van der Waals surface area contributed by atoms with E-state index in [9.17, 15) is 4.79 Å². The van der Waals surface area contributed by atoms with E-state index in [0.29, 0.717) is 6.54 Å². The number of aromatic nitrogens is 2. The first-order valence-corrected chi connectivity index (χ1v) is 7.98. The molecule has 118 valence electrons. The minimum Gasteiger partial charge on any atom is -0.487 e. The standard InChI is InChI=1S/C18H19N3O2/c1-18(5-6-18)17(22)21-10-14-7-12-3-2-4-15(16(12)23-14)13-8-19-11-20-9-13/h2-4,8-9,11,14H,5-7,10H2,1H3,(H,21,22). The maximum atomic E-state index is 12.1. The van der Waals surface area contributed by atoms with Crippen LogP contribution in [0.3, 0.4) is 0 Å². The van der Waals surface area contributed by atoms with Crippen LogP contribution < -0.4 is 10.1 Å². The summed E-state index contributed by atoms with van der Waals surface area (Å²) >= 11 is 0. The Labute approximate surface area is 135 Å². The summed E-state index contributed by atoms with van der Waals surface area (Å²) in [5.41, 5.74) is 2.98. The fraction of sp³-hybridized carbons (Fsp3) is 0.389. The predicted octanol–water partition coefficient (Wildman–Crippen LogP) is 2.36. The minimum absolute atomic E-state index is 0.0120. The van der Waals surface area contributed by atoms with Gasteiger partial charge in [0.15, 0.2) is 0 Å². The number of carbonyl (C=O) groups is 1. The fourth-order valence-corrected chi connectivity index (χ4v) is 2.95. The molecule has 0 spiro atoms. The number of nitrogens with zero attached hydrogens (tertiary/aromatic N) is 2. The van der Waals surface area contributed by atoms with Gasteiger partial charge in [-0.05, 0) is 18.4 Å². The van der Waals surface area contributed by atoms with Crippen LogP contribution in [0.25, 0.3) is 11.1 Å². The number of hydrogen-bond acceptors (Lipinski definition) is 4. The number of para-hydroxylation sites is 1. The molecule has 1 saturated carbocycles. The summed E-state index contributed by atoms with van der Waals surface area (Å²) in [6.45, 7) is 2.56. The summed E-state index contributed by atoms with van der Waals surface area (Å²) in [7, 11) is 0. The van der Waals surface area contributed by atoms with Crippen molar-refractivity contribution in [3.63, 3.8) is 0 Å². The van der Waals surface area contributed by atoms with Crippen molar-refractivity contribution in [2.45, 2.75) is 32.3 Å². The molecule has 2 aromatic rings. The zero-order chi connectivity index (χ0) is 15.9. The molecule has 2 heterocycles. The van der Waals surface area contributed by atoms with E-state index in [-0.39, 0.29) is 17.4 Å². The van der Waals surface area contributed by atoms with Crippen LogP contribution in [-0.4, -0.2) is 28.5 Å². The van der Waals surface area contributed by atoms with Gasteiger partial charge in [0.2, 0.25) is 5.91 Å². The predicted molar refractivity (Wildman–Crippen MR) is 85.9 cm³/mol. The second-order valence-corrected chi connectivity index (χ2v) is 6.64. The van der Waals surface area contributed by atoms with Crippen LogP contribution in [-0.2, 0) is 11.2 Å². The average molecular weight is 309 g/mol. The Morgan fingerprint density at radius 3 is 2.87 bits per heavy atom. The zero-order valence-corrected chi connectivity index (χ0v) is 13.1. The highest BCUT2D eigenvalue weighted by Gasteiger charge is 2.45. The van der Waals surface area contributed by atoms with Gasteiger partial charge in [-0.1, -0.05) is 25.1 Å². The molecule has 1 aliphatic heterocycles. The lowest BCUT2D eigenvalue weighted by Crippen LogP contribution is -2.38. The molecular weight excluding hydrogens is 290 g/mol. The summed E-state index contributed by atoms with van der Waals surface area (Å²) in [6, 6.07) is 6.12. The van der Waals surface area contributed by atoms with Crippen molar-refractivity contribution in [3.05, 3.63) is 42.5 Å². The third-order valence-corrected chi connectivity index (χ3v) is 4.74. The van der Waals surface area contributed by atoms with Crippen LogP contribution in [0, 0.1) is 5.41 Å². The molecule has 1 aromatic heterocycles. The summed E-state index contributed by atoms with van der Waals surface area (Å²) in [5, 5.41) is 3.03. The Kier molecular flexibility index (Phi) is 3.29. The van der Waals surface area contributed by atoms with Gasteiger partial charge in [0.25, 0.3) is 0 Å². The highest BCUT2D eigenvalue weighted by Crippen LogP contribution is 2.45. The smallest absolute Gasteiger partial charge is 0.226 e. The maximum Gasteiger partial charge on any atom is 0.226 e.